The number of carbonyl (C=O) groups is 1. The summed E-state index contributed by atoms with van der Waals surface area (Å²) in [5, 5.41) is 0. The standard InChI is InChI=1S/C20H32O/c1-13-8-10-19(2)14(12-13)4-5-15-16-6-7-18(21)20(16,3)11-9-17(15)19/h13-17H,4-12H2,1-3H3/t13?,14?,15-,16-,17+,19-,20-/m0/s1. The lowest BCUT2D eigenvalue weighted by atomic mass is 9.45. The van der Waals surface area contributed by atoms with Gasteiger partial charge in [0.05, 0.1) is 0 Å². The van der Waals surface area contributed by atoms with Gasteiger partial charge in [-0.3, -0.25) is 4.79 Å². The van der Waals surface area contributed by atoms with Crippen LogP contribution in [0.4, 0.5) is 0 Å². The molecule has 0 saturated heterocycles. The fourth-order valence-electron chi connectivity index (χ4n) is 7.24. The molecule has 0 bridgehead atoms. The maximum atomic E-state index is 12.4. The summed E-state index contributed by atoms with van der Waals surface area (Å²) in [6, 6.07) is 0. The summed E-state index contributed by atoms with van der Waals surface area (Å²) in [7, 11) is 0. The number of rotatable bonds is 0. The van der Waals surface area contributed by atoms with E-state index >= 15 is 0 Å². The van der Waals surface area contributed by atoms with Crippen LogP contribution in [0.25, 0.3) is 0 Å². The first-order chi connectivity index (χ1) is 9.95. The van der Waals surface area contributed by atoms with Crippen LogP contribution in [-0.4, -0.2) is 5.78 Å². The third-order valence-corrected chi connectivity index (χ3v) is 8.64. The lowest BCUT2D eigenvalue weighted by Gasteiger charge is -2.60. The molecule has 1 heteroatoms. The Balaban J connectivity index is 1.64. The highest BCUT2D eigenvalue weighted by molar-refractivity contribution is 5.87. The summed E-state index contributed by atoms with van der Waals surface area (Å²) in [4.78, 5) is 12.4. The number of Topliss-reactive ketones (excluding diaryl/α,β-unsaturated/α-hetero) is 1. The third kappa shape index (κ3) is 1.85. The smallest absolute Gasteiger partial charge is 0.139 e. The molecule has 4 fully saturated rings. The van der Waals surface area contributed by atoms with Gasteiger partial charge in [-0.05, 0) is 80.0 Å². The predicted octanol–water partition coefficient (Wildman–Crippen LogP) is 5.23. The minimum Gasteiger partial charge on any atom is -0.299 e. The highest BCUT2D eigenvalue weighted by Crippen LogP contribution is 2.65. The van der Waals surface area contributed by atoms with E-state index < -0.39 is 0 Å². The molecule has 2 unspecified atom stereocenters. The topological polar surface area (TPSA) is 17.1 Å². The first kappa shape index (κ1) is 14.3. The van der Waals surface area contributed by atoms with E-state index in [1.807, 2.05) is 0 Å². The van der Waals surface area contributed by atoms with Crippen LogP contribution in [0.15, 0.2) is 0 Å². The first-order valence-electron chi connectivity index (χ1n) is 9.48. The van der Waals surface area contributed by atoms with E-state index in [-0.39, 0.29) is 5.41 Å². The van der Waals surface area contributed by atoms with Crippen molar-refractivity contribution < 1.29 is 4.79 Å². The molecule has 21 heavy (non-hydrogen) atoms. The molecule has 4 aliphatic carbocycles. The van der Waals surface area contributed by atoms with Gasteiger partial charge in [-0.2, -0.15) is 0 Å². The van der Waals surface area contributed by atoms with Crippen LogP contribution in [0.5, 0.6) is 0 Å². The van der Waals surface area contributed by atoms with Gasteiger partial charge in [0.25, 0.3) is 0 Å². The summed E-state index contributed by atoms with van der Waals surface area (Å²) >= 11 is 0. The van der Waals surface area contributed by atoms with E-state index in [0.29, 0.717) is 11.2 Å². The van der Waals surface area contributed by atoms with Crippen LogP contribution in [0.1, 0.15) is 78.6 Å². The number of hydrogen-bond acceptors (Lipinski definition) is 1. The highest BCUT2D eigenvalue weighted by Gasteiger charge is 2.59. The Morgan fingerprint density at radius 2 is 1.76 bits per heavy atom. The van der Waals surface area contributed by atoms with Gasteiger partial charge in [0.15, 0.2) is 0 Å². The van der Waals surface area contributed by atoms with Crippen LogP contribution >= 0.6 is 0 Å². The molecule has 4 aliphatic rings. The maximum Gasteiger partial charge on any atom is 0.139 e. The molecule has 4 saturated carbocycles. The lowest BCUT2D eigenvalue weighted by Crippen LogP contribution is -2.53. The maximum absolute atomic E-state index is 12.4. The monoisotopic (exact) mass is 288 g/mol. The van der Waals surface area contributed by atoms with Crippen molar-refractivity contribution in [2.24, 2.45) is 40.4 Å². The molecule has 1 nitrogen and oxygen atoms in total. The van der Waals surface area contributed by atoms with Gasteiger partial charge in [0.1, 0.15) is 5.78 Å². The second kappa shape index (κ2) is 4.59. The van der Waals surface area contributed by atoms with E-state index in [0.717, 1.165) is 36.0 Å². The zero-order chi connectivity index (χ0) is 14.8. The van der Waals surface area contributed by atoms with Crippen LogP contribution in [0.3, 0.4) is 0 Å². The number of fused-ring (bicyclic) bond motifs is 5. The molecular formula is C20H32O. The molecule has 0 spiro atoms. The SMILES string of the molecule is CC1CC[C@@]2(C)C(CC[C@@H]3[C@H]2CC[C@]2(C)C(=O)CC[C@@H]32)C1. The van der Waals surface area contributed by atoms with Crippen LogP contribution in [-0.2, 0) is 4.79 Å². The molecule has 0 aliphatic heterocycles. The van der Waals surface area contributed by atoms with E-state index in [1.165, 1.54) is 51.4 Å². The van der Waals surface area contributed by atoms with Crippen molar-refractivity contribution in [1.82, 2.24) is 0 Å². The van der Waals surface area contributed by atoms with Crippen LogP contribution in [0.2, 0.25) is 0 Å². The third-order valence-electron chi connectivity index (χ3n) is 8.64. The van der Waals surface area contributed by atoms with Crippen LogP contribution in [0, 0.1) is 40.4 Å². The summed E-state index contributed by atoms with van der Waals surface area (Å²) in [5.74, 6) is 5.03. The number of hydrogen-bond donors (Lipinski definition) is 0. The molecule has 0 aromatic rings. The summed E-state index contributed by atoms with van der Waals surface area (Å²) in [6.45, 7) is 7.39. The van der Waals surface area contributed by atoms with Gasteiger partial charge in [-0.1, -0.05) is 27.2 Å². The van der Waals surface area contributed by atoms with Gasteiger partial charge >= 0.3 is 0 Å². The molecule has 0 radical (unpaired) electrons. The lowest BCUT2D eigenvalue weighted by molar-refractivity contribution is -0.139. The first-order valence-corrected chi connectivity index (χ1v) is 9.48. The van der Waals surface area contributed by atoms with E-state index in [4.69, 9.17) is 0 Å². The average Bonchev–Trinajstić information content (AvgIpc) is 2.76. The summed E-state index contributed by atoms with van der Waals surface area (Å²) < 4.78 is 0. The normalized spacial score (nSPS) is 56.5. The quantitative estimate of drug-likeness (QED) is 0.596. The largest absolute Gasteiger partial charge is 0.299 e. The number of ketones is 1. The Labute approximate surface area is 130 Å². The second-order valence-corrected chi connectivity index (χ2v) is 9.45. The van der Waals surface area contributed by atoms with Gasteiger partial charge in [0.2, 0.25) is 0 Å². The Hall–Kier alpha value is -0.330. The van der Waals surface area contributed by atoms with Gasteiger partial charge < -0.3 is 0 Å². The van der Waals surface area contributed by atoms with Crippen molar-refractivity contribution in [3.63, 3.8) is 0 Å². The summed E-state index contributed by atoms with van der Waals surface area (Å²) in [5.41, 5.74) is 0.661. The van der Waals surface area contributed by atoms with Crippen molar-refractivity contribution >= 4 is 5.78 Å². The Morgan fingerprint density at radius 1 is 0.952 bits per heavy atom. The molecule has 0 aromatic carbocycles. The minimum absolute atomic E-state index is 0.0618. The van der Waals surface area contributed by atoms with Gasteiger partial charge in [0, 0.05) is 11.8 Å². The highest BCUT2D eigenvalue weighted by atomic mass is 16.1. The average molecular weight is 288 g/mol. The Bertz CT molecular complexity index is 455. The molecule has 7 atom stereocenters. The fourth-order valence-corrected chi connectivity index (χ4v) is 7.24. The molecule has 0 N–H and O–H groups in total. The minimum atomic E-state index is 0.0618. The van der Waals surface area contributed by atoms with Crippen LogP contribution < -0.4 is 0 Å². The molecule has 0 amide bonds. The Kier molecular flexibility index (Phi) is 3.12. The zero-order valence-electron chi connectivity index (χ0n) is 14.2. The van der Waals surface area contributed by atoms with E-state index in [1.54, 1.807) is 0 Å². The molecule has 0 heterocycles. The second-order valence-electron chi connectivity index (χ2n) is 9.45. The molecule has 118 valence electrons. The van der Waals surface area contributed by atoms with Crippen molar-refractivity contribution in [3.8, 4) is 0 Å². The van der Waals surface area contributed by atoms with E-state index in [9.17, 15) is 4.79 Å². The predicted molar refractivity (Wildman–Crippen MR) is 85.9 cm³/mol. The van der Waals surface area contributed by atoms with Crippen molar-refractivity contribution in [1.29, 1.82) is 0 Å². The molecule has 4 rings (SSSR count). The zero-order valence-corrected chi connectivity index (χ0v) is 14.2. The number of carbonyl (C=O) groups excluding carboxylic acids is 1. The van der Waals surface area contributed by atoms with E-state index in [2.05, 4.69) is 20.8 Å². The molecular weight excluding hydrogens is 256 g/mol. The molecule has 0 aromatic heterocycles. The van der Waals surface area contributed by atoms with Crippen molar-refractivity contribution in [2.75, 3.05) is 0 Å². The van der Waals surface area contributed by atoms with Gasteiger partial charge in [-0.15, -0.1) is 0 Å². The van der Waals surface area contributed by atoms with Crippen molar-refractivity contribution in [2.45, 2.75) is 78.6 Å². The van der Waals surface area contributed by atoms with Crippen molar-refractivity contribution in [3.05, 3.63) is 0 Å². The summed E-state index contributed by atoms with van der Waals surface area (Å²) in [6.07, 6.45) is 11.8. The fraction of sp³-hybridized carbons (Fsp3) is 0.950. The van der Waals surface area contributed by atoms with Gasteiger partial charge in [-0.25, -0.2) is 0 Å². The Morgan fingerprint density at radius 3 is 2.57 bits per heavy atom.